The van der Waals surface area contributed by atoms with E-state index in [0.717, 1.165) is 5.56 Å². The van der Waals surface area contributed by atoms with E-state index >= 15 is 0 Å². The molecule has 0 aliphatic rings. The molecule has 0 heterocycles. The average molecular weight is 258 g/mol. The third kappa shape index (κ3) is 3.99. The van der Waals surface area contributed by atoms with Crippen molar-refractivity contribution < 1.29 is 13.2 Å². The highest BCUT2D eigenvalue weighted by molar-refractivity contribution is 7.93. The summed E-state index contributed by atoms with van der Waals surface area (Å²) >= 11 is 0. The van der Waals surface area contributed by atoms with Crippen molar-refractivity contribution in [3.8, 4) is 0 Å². The zero-order chi connectivity index (χ0) is 12.9. The molecule has 0 spiro atoms. The average Bonchev–Trinajstić information content (AvgIpc) is 2.30. The number of hydrogen-bond donors (Lipinski definition) is 2. The molecule has 0 fully saturated rings. The van der Waals surface area contributed by atoms with E-state index in [1.807, 2.05) is 12.1 Å². The summed E-state index contributed by atoms with van der Waals surface area (Å²) in [5, 5.41) is -0.610. The van der Waals surface area contributed by atoms with Crippen LogP contribution in [0.5, 0.6) is 0 Å². The van der Waals surface area contributed by atoms with Crippen molar-refractivity contribution in [3.05, 3.63) is 29.8 Å². The van der Waals surface area contributed by atoms with Crippen LogP contribution in [0.1, 0.15) is 12.5 Å². The molecule has 6 heteroatoms. The predicted molar refractivity (Wildman–Crippen MR) is 68.2 cm³/mol. The second-order valence-corrected chi connectivity index (χ2v) is 5.92. The molecule has 0 aliphatic heterocycles. The minimum Gasteiger partial charge on any atom is -0.380 e. The Balaban J connectivity index is 2.75. The quantitative estimate of drug-likeness (QED) is 0.795. The van der Waals surface area contributed by atoms with Gasteiger partial charge in [-0.1, -0.05) is 12.1 Å². The largest absolute Gasteiger partial charge is 0.380 e. The monoisotopic (exact) mass is 258 g/mol. The first kappa shape index (κ1) is 14.0. The Labute approximate surface area is 102 Å². The highest BCUT2D eigenvalue weighted by Gasteiger charge is 2.18. The van der Waals surface area contributed by atoms with Gasteiger partial charge in [0.05, 0.1) is 11.9 Å². The van der Waals surface area contributed by atoms with E-state index < -0.39 is 15.3 Å². The molecule has 1 rings (SSSR count). The Bertz CT molecular complexity index is 442. The van der Waals surface area contributed by atoms with E-state index in [1.54, 1.807) is 26.2 Å². The smallest absolute Gasteiger partial charge is 0.236 e. The van der Waals surface area contributed by atoms with Gasteiger partial charge in [-0.3, -0.25) is 4.72 Å². The molecular weight excluding hydrogens is 240 g/mol. The van der Waals surface area contributed by atoms with Crippen LogP contribution in [-0.4, -0.2) is 27.3 Å². The Morgan fingerprint density at radius 2 is 1.94 bits per heavy atom. The Kier molecular flexibility index (Phi) is 4.92. The summed E-state index contributed by atoms with van der Waals surface area (Å²) in [7, 11) is -1.78. The van der Waals surface area contributed by atoms with E-state index in [4.69, 9.17) is 10.5 Å². The van der Waals surface area contributed by atoms with Crippen LogP contribution in [0.15, 0.2) is 24.3 Å². The van der Waals surface area contributed by atoms with E-state index in [2.05, 4.69) is 4.72 Å². The molecule has 1 atom stereocenters. The lowest BCUT2D eigenvalue weighted by atomic mass is 10.2. The summed E-state index contributed by atoms with van der Waals surface area (Å²) in [6.07, 6.45) is 0. The number of nitrogens with two attached hydrogens (primary N) is 1. The minimum atomic E-state index is -3.39. The number of methoxy groups -OCH3 is 1. The van der Waals surface area contributed by atoms with Crippen molar-refractivity contribution in [2.24, 2.45) is 5.73 Å². The Morgan fingerprint density at radius 1 is 1.35 bits per heavy atom. The first-order valence-electron chi connectivity index (χ1n) is 5.29. The lowest BCUT2D eigenvalue weighted by molar-refractivity contribution is 0.185. The number of rotatable bonds is 6. The van der Waals surface area contributed by atoms with Crippen molar-refractivity contribution in [2.45, 2.75) is 18.8 Å². The van der Waals surface area contributed by atoms with Crippen molar-refractivity contribution in [2.75, 3.05) is 18.4 Å². The van der Waals surface area contributed by atoms with Gasteiger partial charge in [0.1, 0.15) is 0 Å². The van der Waals surface area contributed by atoms with Crippen molar-refractivity contribution in [3.63, 3.8) is 0 Å². The van der Waals surface area contributed by atoms with Crippen LogP contribution in [0, 0.1) is 0 Å². The molecule has 0 bridgehead atoms. The third-order valence-corrected chi connectivity index (χ3v) is 4.16. The van der Waals surface area contributed by atoms with Gasteiger partial charge in [-0.15, -0.1) is 0 Å². The van der Waals surface area contributed by atoms with Crippen molar-refractivity contribution in [1.82, 2.24) is 0 Å². The van der Waals surface area contributed by atoms with Gasteiger partial charge in [-0.05, 0) is 24.6 Å². The van der Waals surface area contributed by atoms with Crippen LogP contribution >= 0.6 is 0 Å². The topological polar surface area (TPSA) is 81.4 Å². The molecule has 96 valence electrons. The Morgan fingerprint density at radius 3 is 2.41 bits per heavy atom. The normalized spacial score (nSPS) is 13.4. The number of hydrogen-bond acceptors (Lipinski definition) is 4. The molecule has 1 aromatic rings. The molecule has 3 N–H and O–H groups in total. The molecule has 5 nitrogen and oxygen atoms in total. The van der Waals surface area contributed by atoms with Crippen LogP contribution in [-0.2, 0) is 21.4 Å². The van der Waals surface area contributed by atoms with Gasteiger partial charge < -0.3 is 10.5 Å². The van der Waals surface area contributed by atoms with Gasteiger partial charge in [-0.2, -0.15) is 0 Å². The standard InChI is InChI=1S/C11H18N2O3S/c1-9(7-12)17(14,15)13-11-5-3-10(4-6-11)8-16-2/h3-6,9,13H,7-8,12H2,1-2H3. The van der Waals surface area contributed by atoms with Gasteiger partial charge in [0.15, 0.2) is 0 Å². The summed E-state index contributed by atoms with van der Waals surface area (Å²) in [5.41, 5.74) is 6.86. The zero-order valence-electron chi connectivity index (χ0n) is 10.0. The van der Waals surface area contributed by atoms with Gasteiger partial charge >= 0.3 is 0 Å². The maximum absolute atomic E-state index is 11.7. The van der Waals surface area contributed by atoms with E-state index in [-0.39, 0.29) is 6.54 Å². The lowest BCUT2D eigenvalue weighted by Crippen LogP contribution is -2.31. The molecule has 17 heavy (non-hydrogen) atoms. The van der Waals surface area contributed by atoms with Crippen LogP contribution in [0.2, 0.25) is 0 Å². The summed E-state index contributed by atoms with van der Waals surface area (Å²) in [6.45, 7) is 2.17. The van der Waals surface area contributed by atoms with Gasteiger partial charge in [0, 0.05) is 19.3 Å². The second-order valence-electron chi connectivity index (χ2n) is 3.82. The van der Waals surface area contributed by atoms with Crippen molar-refractivity contribution >= 4 is 15.7 Å². The fraction of sp³-hybridized carbons (Fsp3) is 0.455. The molecule has 0 amide bonds. The van der Waals surface area contributed by atoms with E-state index in [0.29, 0.717) is 12.3 Å². The molecule has 0 radical (unpaired) electrons. The maximum Gasteiger partial charge on any atom is 0.236 e. The zero-order valence-corrected chi connectivity index (χ0v) is 10.8. The summed E-state index contributed by atoms with van der Waals surface area (Å²) in [5.74, 6) is 0. The molecule has 0 saturated carbocycles. The molecule has 0 aliphatic carbocycles. The fourth-order valence-electron chi connectivity index (χ4n) is 1.23. The van der Waals surface area contributed by atoms with Gasteiger partial charge in [-0.25, -0.2) is 8.42 Å². The third-order valence-electron chi connectivity index (χ3n) is 2.39. The first-order chi connectivity index (χ1) is 7.99. The summed E-state index contributed by atoms with van der Waals surface area (Å²) in [4.78, 5) is 0. The van der Waals surface area contributed by atoms with E-state index in [1.165, 1.54) is 0 Å². The molecule has 0 aromatic heterocycles. The van der Waals surface area contributed by atoms with Crippen LogP contribution in [0.4, 0.5) is 5.69 Å². The van der Waals surface area contributed by atoms with E-state index in [9.17, 15) is 8.42 Å². The number of sulfonamides is 1. The number of benzene rings is 1. The van der Waals surface area contributed by atoms with Gasteiger partial charge in [0.25, 0.3) is 0 Å². The minimum absolute atomic E-state index is 0.0943. The number of anilines is 1. The summed E-state index contributed by atoms with van der Waals surface area (Å²) in [6, 6.07) is 7.03. The lowest BCUT2D eigenvalue weighted by Gasteiger charge is -2.13. The number of ether oxygens (including phenoxy) is 1. The van der Waals surface area contributed by atoms with Crippen LogP contribution in [0.3, 0.4) is 0 Å². The van der Waals surface area contributed by atoms with Crippen LogP contribution < -0.4 is 10.5 Å². The van der Waals surface area contributed by atoms with Gasteiger partial charge in [0.2, 0.25) is 10.0 Å². The fourth-order valence-corrected chi connectivity index (χ4v) is 2.15. The molecule has 1 aromatic carbocycles. The van der Waals surface area contributed by atoms with Crippen LogP contribution in [0.25, 0.3) is 0 Å². The molecule has 0 saturated heterocycles. The Hall–Kier alpha value is -1.11. The second kappa shape index (κ2) is 6.00. The predicted octanol–water partition coefficient (Wildman–Crippen LogP) is 0.922. The maximum atomic E-state index is 11.7. The first-order valence-corrected chi connectivity index (χ1v) is 6.84. The molecule has 1 unspecified atom stereocenters. The van der Waals surface area contributed by atoms with Crippen molar-refractivity contribution in [1.29, 1.82) is 0 Å². The molecular formula is C11H18N2O3S. The highest BCUT2D eigenvalue weighted by atomic mass is 32.2. The SMILES string of the molecule is COCc1ccc(NS(=O)(=O)C(C)CN)cc1. The highest BCUT2D eigenvalue weighted by Crippen LogP contribution is 2.13. The number of nitrogens with one attached hydrogen (secondary N) is 1. The summed E-state index contributed by atoms with van der Waals surface area (Å²) < 4.78 is 30.9.